The number of amides is 2. The van der Waals surface area contributed by atoms with Crippen molar-refractivity contribution in [2.24, 2.45) is 0 Å². The van der Waals surface area contributed by atoms with Crippen molar-refractivity contribution in [2.45, 2.75) is 45.6 Å². The molecule has 0 radical (unpaired) electrons. The maximum atomic E-state index is 13.6. The second kappa shape index (κ2) is 8.71. The molecule has 0 aliphatic carbocycles. The summed E-state index contributed by atoms with van der Waals surface area (Å²) >= 11 is 0. The Hall–Kier alpha value is -3.24. The van der Waals surface area contributed by atoms with Gasteiger partial charge in [0.1, 0.15) is 17.5 Å². The van der Waals surface area contributed by atoms with Gasteiger partial charge in [0, 0.05) is 6.54 Å². The fourth-order valence-electron chi connectivity index (χ4n) is 3.09. The van der Waals surface area contributed by atoms with Gasteiger partial charge in [-0.05, 0) is 52.0 Å². The molecule has 1 fully saturated rings. The Bertz CT molecular complexity index is 974. The highest BCUT2D eigenvalue weighted by atomic mass is 19.4. The second-order valence-corrected chi connectivity index (χ2v) is 8.29. The van der Waals surface area contributed by atoms with Crippen molar-refractivity contribution in [3.8, 4) is 11.4 Å². The Labute approximate surface area is 183 Å². The summed E-state index contributed by atoms with van der Waals surface area (Å²) < 4.78 is 52.6. The Morgan fingerprint density at radius 3 is 2.31 bits per heavy atom. The van der Waals surface area contributed by atoms with Crippen LogP contribution < -0.4 is 10.1 Å². The molecule has 1 aromatic heterocycles. The lowest BCUT2D eigenvalue weighted by Gasteiger charge is -2.39. The number of aromatic nitrogens is 2. The van der Waals surface area contributed by atoms with Crippen LogP contribution in [0.3, 0.4) is 0 Å². The van der Waals surface area contributed by atoms with E-state index in [4.69, 9.17) is 9.47 Å². The molecule has 2 amide bonds. The van der Waals surface area contributed by atoms with Gasteiger partial charge in [0.05, 0.1) is 30.5 Å². The predicted molar refractivity (Wildman–Crippen MR) is 109 cm³/mol. The van der Waals surface area contributed by atoms with Crippen molar-refractivity contribution in [2.75, 3.05) is 19.6 Å². The van der Waals surface area contributed by atoms with Crippen LogP contribution in [0.2, 0.25) is 0 Å². The van der Waals surface area contributed by atoms with Crippen LogP contribution in [0.15, 0.2) is 30.5 Å². The van der Waals surface area contributed by atoms with Crippen LogP contribution >= 0.6 is 0 Å². The van der Waals surface area contributed by atoms with Gasteiger partial charge in [-0.1, -0.05) is 0 Å². The number of nitrogens with zero attached hydrogens (tertiary/aromatic N) is 3. The van der Waals surface area contributed by atoms with E-state index in [0.29, 0.717) is 23.5 Å². The maximum absolute atomic E-state index is 13.6. The van der Waals surface area contributed by atoms with E-state index in [0.717, 1.165) is 6.20 Å². The van der Waals surface area contributed by atoms with E-state index in [1.165, 1.54) is 29.2 Å². The van der Waals surface area contributed by atoms with E-state index in [1.807, 2.05) is 0 Å². The molecule has 1 saturated heterocycles. The third-order valence-electron chi connectivity index (χ3n) is 4.50. The minimum Gasteiger partial charge on any atom is -0.487 e. The topological polar surface area (TPSA) is 85.7 Å². The molecule has 2 heterocycles. The van der Waals surface area contributed by atoms with Gasteiger partial charge in [-0.3, -0.25) is 4.79 Å². The number of nitrogens with one attached hydrogen (secondary N) is 1. The van der Waals surface area contributed by atoms with Crippen LogP contribution in [-0.4, -0.2) is 58.0 Å². The number of hydrogen-bond donors (Lipinski definition) is 1. The zero-order valence-electron chi connectivity index (χ0n) is 18.2. The average molecular weight is 454 g/mol. The molecule has 1 aromatic carbocycles. The van der Waals surface area contributed by atoms with E-state index < -0.39 is 35.0 Å². The molecule has 1 N–H and O–H groups in total. The molecular formula is C21H25F3N4O4. The number of ether oxygens (including phenoxy) is 2. The largest absolute Gasteiger partial charge is 0.487 e. The minimum absolute atomic E-state index is 0.129. The van der Waals surface area contributed by atoms with E-state index in [-0.39, 0.29) is 18.3 Å². The van der Waals surface area contributed by atoms with Crippen molar-refractivity contribution >= 4 is 12.0 Å². The van der Waals surface area contributed by atoms with Crippen molar-refractivity contribution in [3.63, 3.8) is 0 Å². The Morgan fingerprint density at radius 1 is 1.16 bits per heavy atom. The molecule has 0 saturated carbocycles. The first-order valence-corrected chi connectivity index (χ1v) is 10.1. The number of hydrogen-bond acceptors (Lipinski definition) is 5. The molecule has 32 heavy (non-hydrogen) atoms. The van der Waals surface area contributed by atoms with E-state index in [1.54, 1.807) is 27.7 Å². The Morgan fingerprint density at radius 2 is 1.78 bits per heavy atom. The summed E-state index contributed by atoms with van der Waals surface area (Å²) in [5, 5.41) is 6.13. The van der Waals surface area contributed by atoms with Gasteiger partial charge in [0.15, 0.2) is 5.69 Å². The average Bonchev–Trinajstić information content (AvgIpc) is 3.09. The first kappa shape index (κ1) is 23.4. The predicted octanol–water partition coefficient (Wildman–Crippen LogP) is 3.64. The van der Waals surface area contributed by atoms with Crippen LogP contribution in [0, 0.1) is 0 Å². The monoisotopic (exact) mass is 454 g/mol. The summed E-state index contributed by atoms with van der Waals surface area (Å²) in [6.07, 6.45) is -4.54. The molecule has 11 heteroatoms. The molecule has 0 bridgehead atoms. The summed E-state index contributed by atoms with van der Waals surface area (Å²) in [5.74, 6) is -0.405. The molecule has 2 aromatic rings. The molecule has 1 aliphatic rings. The van der Waals surface area contributed by atoms with Gasteiger partial charge in [0.25, 0.3) is 5.91 Å². The van der Waals surface area contributed by atoms with Gasteiger partial charge in [-0.2, -0.15) is 18.3 Å². The summed E-state index contributed by atoms with van der Waals surface area (Å²) in [6.45, 7) is 7.85. The van der Waals surface area contributed by atoms with Gasteiger partial charge in [-0.25, -0.2) is 9.48 Å². The summed E-state index contributed by atoms with van der Waals surface area (Å²) in [7, 11) is 0. The Balaban J connectivity index is 1.68. The highest BCUT2D eigenvalue weighted by Gasteiger charge is 2.40. The Kier molecular flexibility index (Phi) is 6.38. The van der Waals surface area contributed by atoms with Gasteiger partial charge < -0.3 is 19.7 Å². The van der Waals surface area contributed by atoms with Crippen molar-refractivity contribution in [1.29, 1.82) is 0 Å². The van der Waals surface area contributed by atoms with Crippen LogP contribution in [0.25, 0.3) is 5.69 Å². The zero-order valence-corrected chi connectivity index (χ0v) is 18.2. The summed E-state index contributed by atoms with van der Waals surface area (Å²) in [6, 6.07) is 5.87. The zero-order chi connectivity index (χ0) is 23.7. The summed E-state index contributed by atoms with van der Waals surface area (Å²) in [4.78, 5) is 25.5. The lowest BCUT2D eigenvalue weighted by Crippen LogP contribution is -2.57. The lowest BCUT2D eigenvalue weighted by atomic mass is 10.1. The van der Waals surface area contributed by atoms with E-state index >= 15 is 0 Å². The number of halogens is 3. The van der Waals surface area contributed by atoms with E-state index in [2.05, 4.69) is 10.4 Å². The molecule has 1 aliphatic heterocycles. The second-order valence-electron chi connectivity index (χ2n) is 8.29. The smallest absolute Gasteiger partial charge is 0.434 e. The number of rotatable bonds is 5. The first-order chi connectivity index (χ1) is 14.9. The number of carbonyl (C=O) groups is 2. The van der Waals surface area contributed by atoms with Crippen molar-refractivity contribution < 1.29 is 32.2 Å². The standard InChI is InChI=1S/C21H25F3N4O4/c1-5-25-18(29)16-10-26-28(17(16)21(22,23)24)13-6-8-14(9-7-13)31-15-11-27(12-15)19(30)32-20(2,3)4/h6-10,15H,5,11-12H2,1-4H3,(H,25,29). The van der Waals surface area contributed by atoms with Crippen molar-refractivity contribution in [3.05, 3.63) is 41.7 Å². The van der Waals surface area contributed by atoms with Gasteiger partial charge >= 0.3 is 12.3 Å². The number of carbonyl (C=O) groups excluding carboxylic acids is 2. The van der Waals surface area contributed by atoms with Gasteiger partial charge in [-0.15, -0.1) is 0 Å². The third kappa shape index (κ3) is 5.32. The first-order valence-electron chi connectivity index (χ1n) is 10.1. The minimum atomic E-state index is -4.77. The van der Waals surface area contributed by atoms with Crippen LogP contribution in [0.4, 0.5) is 18.0 Å². The van der Waals surface area contributed by atoms with E-state index in [9.17, 15) is 22.8 Å². The SMILES string of the molecule is CCNC(=O)c1cnn(-c2ccc(OC3CN(C(=O)OC(C)(C)C)C3)cc2)c1C(F)(F)F. The highest BCUT2D eigenvalue weighted by molar-refractivity contribution is 5.95. The molecule has 8 nitrogen and oxygen atoms in total. The fraction of sp³-hybridized carbons (Fsp3) is 0.476. The number of alkyl halides is 3. The molecule has 0 spiro atoms. The quantitative estimate of drug-likeness (QED) is 0.746. The molecule has 174 valence electrons. The lowest BCUT2D eigenvalue weighted by molar-refractivity contribution is -0.143. The highest BCUT2D eigenvalue weighted by Crippen LogP contribution is 2.34. The third-order valence-corrected chi connectivity index (χ3v) is 4.50. The fourth-order valence-corrected chi connectivity index (χ4v) is 3.09. The van der Waals surface area contributed by atoms with Crippen LogP contribution in [0.1, 0.15) is 43.7 Å². The summed E-state index contributed by atoms with van der Waals surface area (Å²) in [5.41, 5.74) is -2.15. The van der Waals surface area contributed by atoms with Gasteiger partial charge in [0.2, 0.25) is 0 Å². The molecule has 3 rings (SSSR count). The normalized spacial score (nSPS) is 14.7. The number of benzene rings is 1. The van der Waals surface area contributed by atoms with Crippen LogP contribution in [0.5, 0.6) is 5.75 Å². The van der Waals surface area contributed by atoms with Crippen LogP contribution in [-0.2, 0) is 10.9 Å². The molecular weight excluding hydrogens is 429 g/mol. The molecule has 0 unspecified atom stereocenters. The maximum Gasteiger partial charge on any atom is 0.434 e. The molecule has 0 atom stereocenters. The number of likely N-dealkylation sites (tertiary alicyclic amines) is 1. The van der Waals surface area contributed by atoms with Crippen molar-refractivity contribution in [1.82, 2.24) is 20.0 Å².